The van der Waals surface area contributed by atoms with E-state index in [0.29, 0.717) is 30.8 Å². The zero-order valence-corrected chi connectivity index (χ0v) is 16.2. The van der Waals surface area contributed by atoms with Crippen LogP contribution < -0.4 is 10.1 Å². The van der Waals surface area contributed by atoms with Crippen LogP contribution in [0.5, 0.6) is 6.01 Å². The number of nitrogens with one attached hydrogen (secondary N) is 1. The fourth-order valence-corrected chi connectivity index (χ4v) is 2.91. The van der Waals surface area contributed by atoms with Gasteiger partial charge in [0.1, 0.15) is 6.33 Å². The number of anilines is 1. The fraction of sp³-hybridized carbons (Fsp3) is 0.250. The zero-order valence-electron chi connectivity index (χ0n) is 16.2. The Hall–Kier alpha value is -3.75. The van der Waals surface area contributed by atoms with Gasteiger partial charge in [-0.3, -0.25) is 4.40 Å². The average molecular weight is 391 g/mol. The molecule has 0 spiro atoms. The third-order valence-electron chi connectivity index (χ3n) is 4.40. The second-order valence-electron chi connectivity index (χ2n) is 6.38. The lowest BCUT2D eigenvalue weighted by Gasteiger charge is -2.10. The Morgan fingerprint density at radius 1 is 1.21 bits per heavy atom. The lowest BCUT2D eigenvalue weighted by atomic mass is 10.2. The van der Waals surface area contributed by atoms with Crippen molar-refractivity contribution in [1.29, 1.82) is 0 Å². The van der Waals surface area contributed by atoms with E-state index in [1.54, 1.807) is 24.9 Å². The molecule has 0 aliphatic carbocycles. The fourth-order valence-electron chi connectivity index (χ4n) is 2.91. The van der Waals surface area contributed by atoms with Crippen LogP contribution in [0.25, 0.3) is 16.8 Å². The lowest BCUT2D eigenvalue weighted by molar-refractivity contribution is 0.220. The van der Waals surface area contributed by atoms with Crippen molar-refractivity contribution in [2.75, 3.05) is 25.6 Å². The van der Waals surface area contributed by atoms with E-state index < -0.39 is 0 Å². The number of rotatable bonds is 5. The lowest BCUT2D eigenvalue weighted by Crippen LogP contribution is -2.10. The number of allylic oxidation sites excluding steroid dienone is 3. The molecule has 9 nitrogen and oxygen atoms in total. The molecule has 4 rings (SSSR count). The molecule has 0 aromatic carbocycles. The van der Waals surface area contributed by atoms with E-state index in [1.165, 1.54) is 7.11 Å². The first kappa shape index (κ1) is 18.6. The Labute approximate surface area is 167 Å². The molecule has 29 heavy (non-hydrogen) atoms. The molecule has 0 amide bonds. The van der Waals surface area contributed by atoms with Crippen LogP contribution in [-0.2, 0) is 4.74 Å². The Balaban J connectivity index is 1.57. The minimum atomic E-state index is 0.309. The first-order valence-electron chi connectivity index (χ1n) is 9.20. The summed E-state index contributed by atoms with van der Waals surface area (Å²) in [5, 5.41) is 11.6. The molecular formula is C20H21N7O2. The monoisotopic (exact) mass is 391 g/mol. The Bertz CT molecular complexity index is 1080. The van der Waals surface area contributed by atoms with E-state index in [1.807, 2.05) is 23.5 Å². The predicted molar refractivity (Wildman–Crippen MR) is 108 cm³/mol. The molecule has 1 N–H and O–H groups in total. The van der Waals surface area contributed by atoms with Crippen LogP contribution in [0.3, 0.4) is 0 Å². The van der Waals surface area contributed by atoms with Crippen molar-refractivity contribution < 1.29 is 9.47 Å². The normalized spacial score (nSPS) is 16.1. The molecule has 0 atom stereocenters. The van der Waals surface area contributed by atoms with E-state index in [9.17, 15) is 0 Å². The molecule has 9 heteroatoms. The summed E-state index contributed by atoms with van der Waals surface area (Å²) in [5.41, 5.74) is 3.39. The standard InChI is InChI=1S/C20H21N7O2/c1-14-5-3-6-15(7-4-8-29-14)9-21-19-22-12-17(18-26-25-13-27(18)19)16-10-23-20(28-2)24-11-16/h3,5-7,10-13H,4,8-9H2,1-2H3,(H,21,22)/b6-3?,14-5+,15-7?. The van der Waals surface area contributed by atoms with Crippen molar-refractivity contribution in [2.24, 2.45) is 0 Å². The van der Waals surface area contributed by atoms with Crippen molar-refractivity contribution >= 4 is 11.6 Å². The third-order valence-corrected chi connectivity index (χ3v) is 4.40. The molecule has 3 aromatic rings. The van der Waals surface area contributed by atoms with Gasteiger partial charge in [0.05, 0.1) is 19.5 Å². The van der Waals surface area contributed by atoms with Gasteiger partial charge in [-0.1, -0.05) is 18.2 Å². The molecule has 0 saturated heterocycles. The number of hydrogen-bond acceptors (Lipinski definition) is 8. The molecule has 0 radical (unpaired) electrons. The van der Waals surface area contributed by atoms with Crippen LogP contribution in [0.1, 0.15) is 13.3 Å². The number of nitrogens with zero attached hydrogens (tertiary/aromatic N) is 6. The highest BCUT2D eigenvalue weighted by molar-refractivity contribution is 5.76. The number of aromatic nitrogens is 6. The van der Waals surface area contributed by atoms with Crippen molar-refractivity contribution in [1.82, 2.24) is 29.5 Å². The molecule has 3 aromatic heterocycles. The number of hydrogen-bond donors (Lipinski definition) is 1. The van der Waals surface area contributed by atoms with Gasteiger partial charge in [-0.25, -0.2) is 15.0 Å². The Kier molecular flexibility index (Phi) is 5.46. The summed E-state index contributed by atoms with van der Waals surface area (Å²) < 4.78 is 12.4. The zero-order chi connectivity index (χ0) is 20.1. The highest BCUT2D eigenvalue weighted by Gasteiger charge is 2.12. The Morgan fingerprint density at radius 2 is 2.07 bits per heavy atom. The van der Waals surface area contributed by atoms with Crippen LogP contribution in [0.4, 0.5) is 5.95 Å². The van der Waals surface area contributed by atoms with Crippen LogP contribution in [-0.4, -0.2) is 49.8 Å². The summed E-state index contributed by atoms with van der Waals surface area (Å²) in [5.74, 6) is 1.56. The Morgan fingerprint density at radius 3 is 2.90 bits per heavy atom. The van der Waals surface area contributed by atoms with Crippen molar-refractivity contribution in [3.05, 3.63) is 60.6 Å². The summed E-state index contributed by atoms with van der Waals surface area (Å²) in [4.78, 5) is 12.9. The maximum Gasteiger partial charge on any atom is 0.316 e. The highest BCUT2D eigenvalue weighted by Crippen LogP contribution is 2.24. The molecule has 148 valence electrons. The first-order valence-corrected chi connectivity index (χ1v) is 9.20. The molecule has 0 unspecified atom stereocenters. The van der Waals surface area contributed by atoms with Gasteiger partial charge in [0.2, 0.25) is 5.95 Å². The maximum absolute atomic E-state index is 5.58. The van der Waals surface area contributed by atoms with Crippen LogP contribution in [0.2, 0.25) is 0 Å². The summed E-state index contributed by atoms with van der Waals surface area (Å²) in [6, 6.07) is 0.309. The summed E-state index contributed by atoms with van der Waals surface area (Å²) in [6.45, 7) is 3.24. The van der Waals surface area contributed by atoms with Gasteiger partial charge in [0.15, 0.2) is 5.65 Å². The summed E-state index contributed by atoms with van der Waals surface area (Å²) >= 11 is 0. The van der Waals surface area contributed by atoms with Gasteiger partial charge in [0, 0.05) is 42.7 Å². The summed E-state index contributed by atoms with van der Waals surface area (Å²) in [7, 11) is 1.53. The maximum atomic E-state index is 5.58. The van der Waals surface area contributed by atoms with Gasteiger partial charge in [-0.05, 0) is 18.6 Å². The molecule has 4 heterocycles. The molecule has 0 saturated carbocycles. The van der Waals surface area contributed by atoms with Crippen molar-refractivity contribution in [3.8, 4) is 17.1 Å². The smallest absolute Gasteiger partial charge is 0.316 e. The second-order valence-corrected chi connectivity index (χ2v) is 6.38. The second kappa shape index (κ2) is 8.51. The third kappa shape index (κ3) is 4.23. The number of ether oxygens (including phenoxy) is 2. The molecule has 1 aliphatic rings. The SMILES string of the molecule is COc1ncc(-c2cnc(NCC3=CCCO/C(C)=C/C=C3)n3cnnc23)cn1. The molecule has 0 fully saturated rings. The van der Waals surface area contributed by atoms with E-state index >= 15 is 0 Å². The summed E-state index contributed by atoms with van der Waals surface area (Å²) in [6.07, 6.45) is 15.7. The van der Waals surface area contributed by atoms with E-state index in [4.69, 9.17) is 9.47 Å². The van der Waals surface area contributed by atoms with Crippen molar-refractivity contribution in [3.63, 3.8) is 0 Å². The minimum absolute atomic E-state index is 0.309. The van der Waals surface area contributed by atoms with Gasteiger partial charge in [0.25, 0.3) is 0 Å². The molecular weight excluding hydrogens is 370 g/mol. The largest absolute Gasteiger partial charge is 0.498 e. The van der Waals surface area contributed by atoms with Crippen LogP contribution in [0.15, 0.2) is 60.6 Å². The topological polar surface area (TPSA) is 99.4 Å². The number of fused-ring (bicyclic) bond motifs is 1. The van der Waals surface area contributed by atoms with Gasteiger partial charge in [-0.15, -0.1) is 10.2 Å². The highest BCUT2D eigenvalue weighted by atomic mass is 16.5. The average Bonchev–Trinajstić information content (AvgIpc) is 3.27. The minimum Gasteiger partial charge on any atom is -0.498 e. The van der Waals surface area contributed by atoms with Crippen LogP contribution in [0, 0.1) is 0 Å². The van der Waals surface area contributed by atoms with E-state index in [0.717, 1.165) is 28.9 Å². The van der Waals surface area contributed by atoms with E-state index in [-0.39, 0.29) is 0 Å². The quantitative estimate of drug-likeness (QED) is 0.709. The van der Waals surface area contributed by atoms with Crippen LogP contribution >= 0.6 is 0 Å². The van der Waals surface area contributed by atoms with E-state index in [2.05, 4.69) is 42.6 Å². The molecule has 1 aliphatic heterocycles. The molecule has 0 bridgehead atoms. The number of methoxy groups -OCH3 is 1. The van der Waals surface area contributed by atoms with Gasteiger partial charge < -0.3 is 14.8 Å². The predicted octanol–water partition coefficient (Wildman–Crippen LogP) is 2.81. The first-order chi connectivity index (χ1) is 14.2. The van der Waals surface area contributed by atoms with Gasteiger partial charge >= 0.3 is 6.01 Å². The van der Waals surface area contributed by atoms with Gasteiger partial charge in [-0.2, -0.15) is 0 Å². The van der Waals surface area contributed by atoms with Crippen molar-refractivity contribution in [2.45, 2.75) is 13.3 Å².